The zero-order valence-corrected chi connectivity index (χ0v) is 14.9. The first-order chi connectivity index (χ1) is 12.0. The van der Waals surface area contributed by atoms with Gasteiger partial charge in [-0.15, -0.1) is 0 Å². The molecule has 25 heavy (non-hydrogen) atoms. The smallest absolute Gasteiger partial charge is 0.262 e. The molecular formula is C19H20ClN3O2. The molecule has 2 N–H and O–H groups in total. The van der Waals surface area contributed by atoms with E-state index in [9.17, 15) is 9.59 Å². The van der Waals surface area contributed by atoms with Crippen molar-refractivity contribution >= 4 is 29.1 Å². The molecule has 1 unspecified atom stereocenters. The Kier molecular flexibility index (Phi) is 6.71. The molecule has 0 heterocycles. The minimum Gasteiger partial charge on any atom is -0.344 e. The van der Waals surface area contributed by atoms with Gasteiger partial charge < -0.3 is 5.32 Å². The molecular weight excluding hydrogens is 338 g/mol. The number of hydrogen-bond acceptors (Lipinski definition) is 3. The van der Waals surface area contributed by atoms with Crippen molar-refractivity contribution in [1.29, 1.82) is 0 Å². The molecule has 130 valence electrons. The lowest BCUT2D eigenvalue weighted by Crippen LogP contribution is -2.46. The number of benzene rings is 2. The Hall–Kier alpha value is -2.66. The van der Waals surface area contributed by atoms with Crippen LogP contribution in [0.15, 0.2) is 59.7 Å². The summed E-state index contributed by atoms with van der Waals surface area (Å²) in [5.74, 6) is -0.659. The van der Waals surface area contributed by atoms with Crippen LogP contribution < -0.4 is 10.7 Å². The standard InChI is InChI=1S/C19H20ClN3O2/c1-13(16-10-6-7-11-17(16)20)22-23-19(25)18(21-14(2)24)12-15-8-4-3-5-9-15/h3-11,18H,12H2,1-2H3,(H,21,24)(H,23,25)/b22-13+. The lowest BCUT2D eigenvalue weighted by Gasteiger charge is -2.16. The topological polar surface area (TPSA) is 70.6 Å². The summed E-state index contributed by atoms with van der Waals surface area (Å²) in [6.07, 6.45) is 0.382. The van der Waals surface area contributed by atoms with Gasteiger partial charge in [0.2, 0.25) is 5.91 Å². The van der Waals surface area contributed by atoms with E-state index in [1.807, 2.05) is 48.5 Å². The molecule has 0 fully saturated rings. The van der Waals surface area contributed by atoms with Crippen molar-refractivity contribution in [3.8, 4) is 0 Å². The van der Waals surface area contributed by atoms with Gasteiger partial charge >= 0.3 is 0 Å². The van der Waals surface area contributed by atoms with Gasteiger partial charge in [-0.25, -0.2) is 5.43 Å². The lowest BCUT2D eigenvalue weighted by atomic mass is 10.1. The monoisotopic (exact) mass is 357 g/mol. The molecule has 0 radical (unpaired) electrons. The van der Waals surface area contributed by atoms with Gasteiger partial charge in [0, 0.05) is 23.9 Å². The second kappa shape index (κ2) is 8.99. The Morgan fingerprint density at radius 2 is 1.68 bits per heavy atom. The third kappa shape index (κ3) is 5.72. The van der Waals surface area contributed by atoms with Crippen molar-refractivity contribution in [1.82, 2.24) is 10.7 Å². The highest BCUT2D eigenvalue weighted by atomic mass is 35.5. The number of halogens is 1. The largest absolute Gasteiger partial charge is 0.344 e. The van der Waals surface area contributed by atoms with E-state index in [1.54, 1.807) is 13.0 Å². The minimum absolute atomic E-state index is 0.275. The maximum atomic E-state index is 12.4. The van der Waals surface area contributed by atoms with Crippen molar-refractivity contribution in [3.05, 3.63) is 70.7 Å². The number of nitrogens with one attached hydrogen (secondary N) is 2. The van der Waals surface area contributed by atoms with Gasteiger partial charge in [0.15, 0.2) is 0 Å². The van der Waals surface area contributed by atoms with E-state index in [4.69, 9.17) is 11.6 Å². The van der Waals surface area contributed by atoms with Gasteiger partial charge in [-0.1, -0.05) is 60.1 Å². The predicted octanol–water partition coefficient (Wildman–Crippen LogP) is 2.93. The fourth-order valence-corrected chi connectivity index (χ4v) is 2.61. The highest BCUT2D eigenvalue weighted by Crippen LogP contribution is 2.15. The number of hydrazone groups is 1. The van der Waals surface area contributed by atoms with Gasteiger partial charge in [0.05, 0.1) is 5.71 Å². The Morgan fingerprint density at radius 3 is 2.32 bits per heavy atom. The summed E-state index contributed by atoms with van der Waals surface area (Å²) in [6.45, 7) is 3.13. The molecule has 2 amide bonds. The van der Waals surface area contributed by atoms with Crippen LogP contribution in [0.3, 0.4) is 0 Å². The predicted molar refractivity (Wildman–Crippen MR) is 99.6 cm³/mol. The fraction of sp³-hybridized carbons (Fsp3) is 0.211. The molecule has 0 spiro atoms. The van der Waals surface area contributed by atoms with Crippen LogP contribution in [0.25, 0.3) is 0 Å². The van der Waals surface area contributed by atoms with Gasteiger partial charge in [-0.05, 0) is 18.6 Å². The first-order valence-corrected chi connectivity index (χ1v) is 8.25. The highest BCUT2D eigenvalue weighted by Gasteiger charge is 2.19. The fourth-order valence-electron chi connectivity index (χ4n) is 2.34. The van der Waals surface area contributed by atoms with Gasteiger partial charge in [0.25, 0.3) is 5.91 Å². The van der Waals surface area contributed by atoms with Crippen molar-refractivity contribution in [2.24, 2.45) is 5.10 Å². The second-order valence-electron chi connectivity index (χ2n) is 5.60. The number of carbonyl (C=O) groups excluding carboxylic acids is 2. The summed E-state index contributed by atoms with van der Waals surface area (Å²) in [5, 5.41) is 7.32. The quantitative estimate of drug-likeness (QED) is 0.616. The molecule has 0 bridgehead atoms. The average Bonchev–Trinajstić information content (AvgIpc) is 2.59. The average molecular weight is 358 g/mol. The molecule has 0 aromatic heterocycles. The zero-order chi connectivity index (χ0) is 18.2. The molecule has 0 saturated heterocycles. The molecule has 2 rings (SSSR count). The van der Waals surface area contributed by atoms with Crippen LogP contribution in [0.1, 0.15) is 25.0 Å². The van der Waals surface area contributed by atoms with E-state index in [1.165, 1.54) is 6.92 Å². The van der Waals surface area contributed by atoms with Crippen LogP contribution in [0.4, 0.5) is 0 Å². The van der Waals surface area contributed by atoms with E-state index in [-0.39, 0.29) is 11.8 Å². The van der Waals surface area contributed by atoms with E-state index >= 15 is 0 Å². The molecule has 2 aromatic carbocycles. The van der Waals surface area contributed by atoms with Gasteiger partial charge in [0.1, 0.15) is 6.04 Å². The number of carbonyl (C=O) groups is 2. The molecule has 6 heteroatoms. The molecule has 0 aliphatic rings. The summed E-state index contributed by atoms with van der Waals surface area (Å²) in [7, 11) is 0. The van der Waals surface area contributed by atoms with E-state index in [2.05, 4.69) is 15.8 Å². The van der Waals surface area contributed by atoms with E-state index < -0.39 is 6.04 Å². The molecule has 2 aromatic rings. The van der Waals surface area contributed by atoms with Crippen molar-refractivity contribution < 1.29 is 9.59 Å². The van der Waals surface area contributed by atoms with Crippen molar-refractivity contribution in [2.75, 3.05) is 0 Å². The summed E-state index contributed by atoms with van der Waals surface area (Å²) in [6, 6.07) is 16.0. The Bertz CT molecular complexity index is 775. The summed E-state index contributed by atoms with van der Waals surface area (Å²) in [4.78, 5) is 23.8. The summed E-state index contributed by atoms with van der Waals surface area (Å²) >= 11 is 6.12. The molecule has 0 saturated carbocycles. The summed E-state index contributed by atoms with van der Waals surface area (Å²) < 4.78 is 0. The second-order valence-corrected chi connectivity index (χ2v) is 6.00. The van der Waals surface area contributed by atoms with Crippen LogP contribution >= 0.6 is 11.6 Å². The maximum absolute atomic E-state index is 12.4. The SMILES string of the molecule is CC(=O)NC(Cc1ccccc1)C(=O)N/N=C(\C)c1ccccc1Cl. The van der Waals surface area contributed by atoms with Crippen LogP contribution in [0, 0.1) is 0 Å². The van der Waals surface area contributed by atoms with Crippen LogP contribution in [-0.4, -0.2) is 23.6 Å². The van der Waals surface area contributed by atoms with Gasteiger partial charge in [-0.2, -0.15) is 5.10 Å². The third-order valence-corrected chi connectivity index (χ3v) is 3.90. The summed E-state index contributed by atoms with van der Waals surface area (Å²) in [5.41, 5.74) is 4.78. The number of nitrogens with zero attached hydrogens (tertiary/aromatic N) is 1. The van der Waals surface area contributed by atoms with E-state index in [0.717, 1.165) is 11.1 Å². The molecule has 0 aliphatic heterocycles. The normalized spacial score (nSPS) is 12.4. The van der Waals surface area contributed by atoms with E-state index in [0.29, 0.717) is 17.2 Å². The molecule has 0 aliphatic carbocycles. The Labute approximate surface area is 152 Å². The van der Waals surface area contributed by atoms with Crippen molar-refractivity contribution in [3.63, 3.8) is 0 Å². The number of rotatable bonds is 6. The first-order valence-electron chi connectivity index (χ1n) is 7.87. The lowest BCUT2D eigenvalue weighted by molar-refractivity contribution is -0.128. The number of amides is 2. The van der Waals surface area contributed by atoms with Crippen LogP contribution in [-0.2, 0) is 16.0 Å². The van der Waals surface area contributed by atoms with Crippen molar-refractivity contribution in [2.45, 2.75) is 26.3 Å². The Balaban J connectivity index is 2.10. The zero-order valence-electron chi connectivity index (χ0n) is 14.1. The number of hydrogen-bond donors (Lipinski definition) is 2. The maximum Gasteiger partial charge on any atom is 0.262 e. The van der Waals surface area contributed by atoms with Crippen LogP contribution in [0.5, 0.6) is 0 Å². The van der Waals surface area contributed by atoms with Crippen LogP contribution in [0.2, 0.25) is 5.02 Å². The molecule has 5 nitrogen and oxygen atoms in total. The minimum atomic E-state index is -0.706. The molecule has 1 atom stereocenters. The highest BCUT2D eigenvalue weighted by molar-refractivity contribution is 6.34. The Morgan fingerprint density at radius 1 is 1.04 bits per heavy atom. The first kappa shape index (κ1) is 18.7. The van der Waals surface area contributed by atoms with Gasteiger partial charge in [-0.3, -0.25) is 9.59 Å². The third-order valence-electron chi connectivity index (χ3n) is 3.57.